The van der Waals surface area contributed by atoms with Crippen LogP contribution in [0.3, 0.4) is 0 Å². The third-order valence-electron chi connectivity index (χ3n) is 3.11. The van der Waals surface area contributed by atoms with Crippen molar-refractivity contribution in [1.82, 2.24) is 20.5 Å². The molecule has 0 unspecified atom stereocenters. The molecular formula is C15H28IN5. The van der Waals surface area contributed by atoms with Crippen LogP contribution in [-0.4, -0.2) is 48.6 Å². The number of aliphatic imine (C=N–C) groups is 1. The predicted molar refractivity (Wildman–Crippen MR) is 100 cm³/mol. The topological polar surface area (TPSA) is 52.6 Å². The number of nitrogens with zero attached hydrogens (tertiary/aromatic N) is 3. The Labute approximate surface area is 145 Å². The fourth-order valence-corrected chi connectivity index (χ4v) is 1.60. The number of pyridine rings is 1. The number of rotatable bonds is 7. The average molecular weight is 405 g/mol. The van der Waals surface area contributed by atoms with Gasteiger partial charge in [-0.1, -0.05) is 6.07 Å². The van der Waals surface area contributed by atoms with Crippen LogP contribution in [-0.2, 0) is 6.54 Å². The molecule has 6 heteroatoms. The smallest absolute Gasteiger partial charge is 0.191 e. The quantitative estimate of drug-likeness (QED) is 0.415. The highest BCUT2D eigenvalue weighted by atomic mass is 127. The van der Waals surface area contributed by atoms with Gasteiger partial charge in [0.2, 0.25) is 0 Å². The third kappa shape index (κ3) is 8.87. The van der Waals surface area contributed by atoms with Gasteiger partial charge in [-0.2, -0.15) is 0 Å². The summed E-state index contributed by atoms with van der Waals surface area (Å²) < 4.78 is 0. The Kier molecular flexibility index (Phi) is 11.2. The molecule has 0 aliphatic rings. The maximum atomic E-state index is 4.54. The van der Waals surface area contributed by atoms with Gasteiger partial charge in [0.05, 0.1) is 12.2 Å². The molecule has 0 aromatic carbocycles. The lowest BCUT2D eigenvalue weighted by molar-refractivity contribution is 0.278. The van der Waals surface area contributed by atoms with Gasteiger partial charge in [0, 0.05) is 31.9 Å². The Morgan fingerprint density at radius 1 is 1.33 bits per heavy atom. The van der Waals surface area contributed by atoms with E-state index in [0.717, 1.165) is 31.3 Å². The van der Waals surface area contributed by atoms with Crippen molar-refractivity contribution in [3.05, 3.63) is 30.1 Å². The Hall–Kier alpha value is -0.890. The van der Waals surface area contributed by atoms with Crippen LogP contribution in [0, 0.1) is 0 Å². The molecule has 2 N–H and O–H groups in total. The number of likely N-dealkylation sites (N-methyl/N-ethyl adjacent to an activating group) is 1. The van der Waals surface area contributed by atoms with Crippen LogP contribution in [0.2, 0.25) is 0 Å². The van der Waals surface area contributed by atoms with Crippen LogP contribution in [0.15, 0.2) is 29.4 Å². The number of halogens is 1. The molecule has 21 heavy (non-hydrogen) atoms. The molecule has 0 bridgehead atoms. The van der Waals surface area contributed by atoms with E-state index in [1.807, 2.05) is 18.2 Å². The number of guanidine groups is 1. The summed E-state index contributed by atoms with van der Waals surface area (Å²) in [7, 11) is 2.13. The highest BCUT2D eigenvalue weighted by Crippen LogP contribution is 1.95. The molecular weight excluding hydrogens is 377 g/mol. The van der Waals surface area contributed by atoms with Crippen LogP contribution >= 0.6 is 24.0 Å². The monoisotopic (exact) mass is 405 g/mol. The van der Waals surface area contributed by atoms with Gasteiger partial charge in [-0.25, -0.2) is 4.99 Å². The van der Waals surface area contributed by atoms with E-state index < -0.39 is 0 Å². The lowest BCUT2D eigenvalue weighted by Gasteiger charge is -2.21. The maximum absolute atomic E-state index is 4.54. The van der Waals surface area contributed by atoms with Gasteiger partial charge < -0.3 is 15.5 Å². The first-order chi connectivity index (χ1) is 9.63. The summed E-state index contributed by atoms with van der Waals surface area (Å²) in [5.74, 6) is 0.843. The molecule has 0 atom stereocenters. The highest BCUT2D eigenvalue weighted by molar-refractivity contribution is 14.0. The van der Waals surface area contributed by atoms with Crippen molar-refractivity contribution >= 4 is 29.9 Å². The summed E-state index contributed by atoms with van der Waals surface area (Å²) in [6, 6.07) is 6.44. The molecule has 1 aromatic rings. The van der Waals surface area contributed by atoms with Crippen molar-refractivity contribution in [2.45, 2.75) is 33.4 Å². The molecule has 0 saturated carbocycles. The molecule has 0 aliphatic heterocycles. The Balaban J connectivity index is 0.00000400. The maximum Gasteiger partial charge on any atom is 0.191 e. The third-order valence-corrected chi connectivity index (χ3v) is 3.11. The molecule has 0 amide bonds. The minimum Gasteiger partial charge on any atom is -0.357 e. The second kappa shape index (κ2) is 11.7. The summed E-state index contributed by atoms with van der Waals surface area (Å²) in [6.45, 7) is 9.78. The molecule has 0 aliphatic carbocycles. The Morgan fingerprint density at radius 3 is 2.67 bits per heavy atom. The summed E-state index contributed by atoms with van der Waals surface area (Å²) in [5, 5.41) is 6.59. The van der Waals surface area contributed by atoms with Crippen LogP contribution < -0.4 is 10.6 Å². The highest BCUT2D eigenvalue weighted by Gasteiger charge is 2.03. The van der Waals surface area contributed by atoms with E-state index in [0.29, 0.717) is 12.6 Å². The van der Waals surface area contributed by atoms with E-state index in [9.17, 15) is 0 Å². The van der Waals surface area contributed by atoms with Crippen molar-refractivity contribution in [3.8, 4) is 0 Å². The van der Waals surface area contributed by atoms with Gasteiger partial charge in [0.15, 0.2) is 5.96 Å². The second-order valence-electron chi connectivity index (χ2n) is 5.02. The van der Waals surface area contributed by atoms with Crippen LogP contribution in [0.5, 0.6) is 0 Å². The fourth-order valence-electron chi connectivity index (χ4n) is 1.60. The molecule has 0 spiro atoms. The van der Waals surface area contributed by atoms with E-state index in [2.05, 4.69) is 53.3 Å². The minimum atomic E-state index is 0. The molecule has 5 nitrogen and oxygen atoms in total. The minimum absolute atomic E-state index is 0. The molecule has 120 valence electrons. The summed E-state index contributed by atoms with van der Waals surface area (Å²) in [5.41, 5.74) is 0.976. The average Bonchev–Trinajstić information content (AvgIpc) is 2.45. The van der Waals surface area contributed by atoms with Crippen molar-refractivity contribution in [3.63, 3.8) is 0 Å². The SMILES string of the molecule is CCNC(=NCc1ccccn1)NCCN(C)C(C)C.I. The van der Waals surface area contributed by atoms with E-state index in [4.69, 9.17) is 0 Å². The molecule has 1 heterocycles. The van der Waals surface area contributed by atoms with Crippen LogP contribution in [0.4, 0.5) is 0 Å². The van der Waals surface area contributed by atoms with Gasteiger partial charge >= 0.3 is 0 Å². The molecule has 0 fully saturated rings. The molecule has 1 rings (SSSR count). The number of hydrogen-bond donors (Lipinski definition) is 2. The number of hydrogen-bond acceptors (Lipinski definition) is 3. The summed E-state index contributed by atoms with van der Waals surface area (Å²) >= 11 is 0. The van der Waals surface area contributed by atoms with Gasteiger partial charge in [0.25, 0.3) is 0 Å². The normalized spacial score (nSPS) is 11.4. The summed E-state index contributed by atoms with van der Waals surface area (Å²) in [6.07, 6.45) is 1.79. The van der Waals surface area contributed by atoms with Gasteiger partial charge in [-0.15, -0.1) is 24.0 Å². The fraction of sp³-hybridized carbons (Fsp3) is 0.600. The first-order valence-corrected chi connectivity index (χ1v) is 7.25. The Bertz CT molecular complexity index is 394. The molecule has 0 saturated heterocycles. The summed E-state index contributed by atoms with van der Waals surface area (Å²) in [4.78, 5) is 11.1. The van der Waals surface area contributed by atoms with Crippen LogP contribution in [0.1, 0.15) is 26.5 Å². The lowest BCUT2D eigenvalue weighted by Crippen LogP contribution is -2.42. The van der Waals surface area contributed by atoms with Crippen molar-refractivity contribution < 1.29 is 0 Å². The lowest BCUT2D eigenvalue weighted by atomic mass is 10.3. The standard InChI is InChI=1S/C15H27N5.HI/c1-5-16-15(18-10-11-20(4)13(2)3)19-12-14-8-6-7-9-17-14;/h6-9,13H,5,10-12H2,1-4H3,(H2,16,18,19);1H. The van der Waals surface area contributed by atoms with E-state index in [1.165, 1.54) is 0 Å². The van der Waals surface area contributed by atoms with E-state index in [-0.39, 0.29) is 24.0 Å². The second-order valence-corrected chi connectivity index (χ2v) is 5.02. The van der Waals surface area contributed by atoms with Crippen molar-refractivity contribution in [1.29, 1.82) is 0 Å². The van der Waals surface area contributed by atoms with Crippen molar-refractivity contribution in [2.75, 3.05) is 26.7 Å². The first-order valence-electron chi connectivity index (χ1n) is 7.25. The van der Waals surface area contributed by atoms with Gasteiger partial charge in [-0.3, -0.25) is 4.98 Å². The van der Waals surface area contributed by atoms with Crippen molar-refractivity contribution in [2.24, 2.45) is 4.99 Å². The number of nitrogens with one attached hydrogen (secondary N) is 2. The first kappa shape index (κ1) is 20.1. The number of aromatic nitrogens is 1. The zero-order valence-corrected chi connectivity index (χ0v) is 15.8. The predicted octanol–water partition coefficient (Wildman–Crippen LogP) is 2.09. The zero-order valence-electron chi connectivity index (χ0n) is 13.5. The van der Waals surface area contributed by atoms with E-state index in [1.54, 1.807) is 6.20 Å². The zero-order chi connectivity index (χ0) is 14.8. The largest absolute Gasteiger partial charge is 0.357 e. The Morgan fingerprint density at radius 2 is 2.10 bits per heavy atom. The molecule has 1 aromatic heterocycles. The van der Waals surface area contributed by atoms with Gasteiger partial charge in [0.1, 0.15) is 0 Å². The molecule has 0 radical (unpaired) electrons. The van der Waals surface area contributed by atoms with Gasteiger partial charge in [-0.05, 0) is 40.0 Å². The van der Waals surface area contributed by atoms with Crippen LogP contribution in [0.25, 0.3) is 0 Å². The van der Waals surface area contributed by atoms with E-state index >= 15 is 0 Å².